The van der Waals surface area contributed by atoms with E-state index in [1.807, 2.05) is 43.3 Å². The van der Waals surface area contributed by atoms with Crippen LogP contribution in [0, 0.1) is 0 Å². The normalized spacial score (nSPS) is 10.8. The van der Waals surface area contributed by atoms with Crippen LogP contribution in [-0.4, -0.2) is 35.2 Å². The summed E-state index contributed by atoms with van der Waals surface area (Å²) in [6, 6.07) is 9.17. The summed E-state index contributed by atoms with van der Waals surface area (Å²) in [5.41, 5.74) is 2.51. The van der Waals surface area contributed by atoms with E-state index in [4.69, 9.17) is 9.63 Å². The molecule has 5 nitrogen and oxygen atoms in total. The molecule has 0 aliphatic carbocycles. The number of benzene rings is 1. The van der Waals surface area contributed by atoms with Gasteiger partial charge in [-0.05, 0) is 19.7 Å². The van der Waals surface area contributed by atoms with Gasteiger partial charge in [-0.2, -0.15) is 0 Å². The van der Waals surface area contributed by atoms with Gasteiger partial charge >= 0.3 is 5.97 Å². The Morgan fingerprint density at radius 1 is 1.39 bits per heavy atom. The highest BCUT2D eigenvalue weighted by molar-refractivity contribution is 5.85. The fourth-order valence-corrected chi connectivity index (χ4v) is 1.75. The first-order valence-corrected chi connectivity index (χ1v) is 5.51. The third-order valence-corrected chi connectivity index (χ3v) is 2.50. The molecule has 94 valence electrons. The van der Waals surface area contributed by atoms with Crippen molar-refractivity contribution in [3.63, 3.8) is 0 Å². The molecule has 1 heterocycles. The summed E-state index contributed by atoms with van der Waals surface area (Å²) in [4.78, 5) is 12.8. The molecule has 0 amide bonds. The van der Waals surface area contributed by atoms with Gasteiger partial charge in [0.15, 0.2) is 0 Å². The lowest BCUT2D eigenvalue weighted by molar-refractivity contribution is 0.0652. The summed E-state index contributed by atoms with van der Waals surface area (Å²) in [7, 11) is 3.95. The maximum Gasteiger partial charge on any atom is 0.374 e. The van der Waals surface area contributed by atoms with Gasteiger partial charge in [-0.15, -0.1) is 0 Å². The quantitative estimate of drug-likeness (QED) is 0.894. The van der Waals surface area contributed by atoms with E-state index < -0.39 is 5.97 Å². The van der Waals surface area contributed by atoms with E-state index >= 15 is 0 Å². The lowest BCUT2D eigenvalue weighted by Crippen LogP contribution is -2.11. The molecule has 2 rings (SSSR count). The second-order valence-corrected chi connectivity index (χ2v) is 4.28. The van der Waals surface area contributed by atoms with Crippen molar-refractivity contribution < 1.29 is 14.4 Å². The molecule has 1 aromatic carbocycles. The molecule has 0 aliphatic heterocycles. The Bertz CT molecular complexity index is 561. The molecular weight excluding hydrogens is 232 g/mol. The molecule has 2 aromatic rings. The zero-order valence-electron chi connectivity index (χ0n) is 10.3. The lowest BCUT2D eigenvalue weighted by Gasteiger charge is -2.12. The summed E-state index contributed by atoms with van der Waals surface area (Å²) in [5, 5.41) is 12.6. The van der Waals surface area contributed by atoms with Crippen LogP contribution in [0.1, 0.15) is 16.1 Å². The highest BCUT2D eigenvalue weighted by Gasteiger charge is 2.14. The summed E-state index contributed by atoms with van der Waals surface area (Å²) >= 11 is 0. The van der Waals surface area contributed by atoms with Gasteiger partial charge in [0.2, 0.25) is 5.76 Å². The summed E-state index contributed by atoms with van der Waals surface area (Å²) in [6.45, 7) is 0.755. The fourth-order valence-electron chi connectivity index (χ4n) is 1.75. The van der Waals surface area contributed by atoms with Gasteiger partial charge in [-0.1, -0.05) is 29.4 Å². The van der Waals surface area contributed by atoms with E-state index in [1.54, 1.807) is 0 Å². The van der Waals surface area contributed by atoms with Gasteiger partial charge < -0.3 is 14.5 Å². The van der Waals surface area contributed by atoms with Crippen molar-refractivity contribution in [1.29, 1.82) is 0 Å². The fraction of sp³-hybridized carbons (Fsp3) is 0.231. The molecule has 0 saturated carbocycles. The molecule has 0 bridgehead atoms. The predicted octanol–water partition coefficient (Wildman–Crippen LogP) is 2.10. The SMILES string of the molecule is CN(C)Cc1ccccc1-c1cc(C(=O)O)on1. The first kappa shape index (κ1) is 12.3. The van der Waals surface area contributed by atoms with Crippen LogP contribution in [-0.2, 0) is 6.54 Å². The summed E-state index contributed by atoms with van der Waals surface area (Å²) in [5.74, 6) is -1.26. The van der Waals surface area contributed by atoms with Gasteiger partial charge in [0.05, 0.1) is 0 Å². The zero-order valence-corrected chi connectivity index (χ0v) is 10.3. The third kappa shape index (κ3) is 2.57. The molecular formula is C13H14N2O3. The van der Waals surface area contributed by atoms with Crippen LogP contribution in [0.25, 0.3) is 11.3 Å². The molecule has 1 aromatic heterocycles. The second-order valence-electron chi connectivity index (χ2n) is 4.28. The molecule has 0 radical (unpaired) electrons. The summed E-state index contributed by atoms with van der Waals surface area (Å²) < 4.78 is 4.78. The van der Waals surface area contributed by atoms with Crippen LogP contribution < -0.4 is 0 Å². The molecule has 5 heteroatoms. The average molecular weight is 246 g/mol. The topological polar surface area (TPSA) is 66.6 Å². The largest absolute Gasteiger partial charge is 0.475 e. The predicted molar refractivity (Wildman–Crippen MR) is 66.3 cm³/mol. The highest BCUT2D eigenvalue weighted by atomic mass is 16.5. The number of rotatable bonds is 4. The van der Waals surface area contributed by atoms with Crippen molar-refractivity contribution in [3.8, 4) is 11.3 Å². The van der Waals surface area contributed by atoms with E-state index in [0.29, 0.717) is 5.69 Å². The molecule has 0 aliphatic rings. The van der Waals surface area contributed by atoms with E-state index in [2.05, 4.69) is 5.16 Å². The first-order chi connectivity index (χ1) is 8.58. The van der Waals surface area contributed by atoms with Gasteiger partial charge in [0.25, 0.3) is 0 Å². The number of aromatic nitrogens is 1. The van der Waals surface area contributed by atoms with E-state index in [9.17, 15) is 4.79 Å². The molecule has 18 heavy (non-hydrogen) atoms. The third-order valence-electron chi connectivity index (χ3n) is 2.50. The van der Waals surface area contributed by atoms with E-state index in [0.717, 1.165) is 17.7 Å². The Morgan fingerprint density at radius 3 is 2.72 bits per heavy atom. The van der Waals surface area contributed by atoms with Crippen molar-refractivity contribution in [3.05, 3.63) is 41.7 Å². The monoisotopic (exact) mass is 246 g/mol. The van der Waals surface area contributed by atoms with Crippen LogP contribution in [0.15, 0.2) is 34.9 Å². The Hall–Kier alpha value is -2.14. The number of aromatic carboxylic acids is 1. The second kappa shape index (κ2) is 5.01. The Kier molecular flexibility index (Phi) is 3.43. The maximum atomic E-state index is 10.8. The first-order valence-electron chi connectivity index (χ1n) is 5.51. The van der Waals surface area contributed by atoms with Crippen molar-refractivity contribution in [2.24, 2.45) is 0 Å². The Balaban J connectivity index is 2.39. The number of hydrogen-bond donors (Lipinski definition) is 1. The number of carboxylic acids is 1. The molecule has 0 spiro atoms. The molecule has 0 saturated heterocycles. The number of hydrogen-bond acceptors (Lipinski definition) is 4. The molecule has 0 fully saturated rings. The van der Waals surface area contributed by atoms with Crippen LogP contribution in [0.5, 0.6) is 0 Å². The number of nitrogens with zero attached hydrogens (tertiary/aromatic N) is 2. The van der Waals surface area contributed by atoms with E-state index in [-0.39, 0.29) is 5.76 Å². The minimum absolute atomic E-state index is 0.148. The van der Waals surface area contributed by atoms with Crippen LogP contribution in [0.2, 0.25) is 0 Å². The Morgan fingerprint density at radius 2 is 2.11 bits per heavy atom. The maximum absolute atomic E-state index is 10.8. The minimum Gasteiger partial charge on any atom is -0.475 e. The van der Waals surface area contributed by atoms with Gasteiger partial charge in [0.1, 0.15) is 5.69 Å². The standard InChI is InChI=1S/C13H14N2O3/c1-15(2)8-9-5-3-4-6-10(9)11-7-12(13(16)17)18-14-11/h3-7H,8H2,1-2H3,(H,16,17). The molecule has 1 N–H and O–H groups in total. The van der Waals surface area contributed by atoms with E-state index in [1.165, 1.54) is 6.07 Å². The number of carbonyl (C=O) groups is 1. The number of carboxylic acid groups (broad SMARTS) is 1. The highest BCUT2D eigenvalue weighted by Crippen LogP contribution is 2.24. The Labute approximate surface area is 105 Å². The van der Waals surface area contributed by atoms with Crippen LogP contribution >= 0.6 is 0 Å². The van der Waals surface area contributed by atoms with Crippen molar-refractivity contribution in [2.75, 3.05) is 14.1 Å². The van der Waals surface area contributed by atoms with Crippen molar-refractivity contribution in [2.45, 2.75) is 6.54 Å². The van der Waals surface area contributed by atoms with Gasteiger partial charge in [-0.25, -0.2) is 4.79 Å². The smallest absolute Gasteiger partial charge is 0.374 e. The molecule has 0 unspecified atom stereocenters. The van der Waals surface area contributed by atoms with Crippen LogP contribution in [0.4, 0.5) is 0 Å². The zero-order chi connectivity index (χ0) is 13.1. The molecule has 0 atom stereocenters. The minimum atomic E-state index is -1.11. The van der Waals surface area contributed by atoms with Crippen molar-refractivity contribution in [1.82, 2.24) is 10.1 Å². The average Bonchev–Trinajstić information content (AvgIpc) is 2.78. The van der Waals surface area contributed by atoms with Gasteiger partial charge in [0, 0.05) is 18.2 Å². The van der Waals surface area contributed by atoms with Crippen molar-refractivity contribution >= 4 is 5.97 Å². The summed E-state index contributed by atoms with van der Waals surface area (Å²) in [6.07, 6.45) is 0. The lowest BCUT2D eigenvalue weighted by atomic mass is 10.0. The van der Waals surface area contributed by atoms with Gasteiger partial charge in [-0.3, -0.25) is 0 Å². The van der Waals surface area contributed by atoms with Crippen LogP contribution in [0.3, 0.4) is 0 Å².